The van der Waals surface area contributed by atoms with Crippen LogP contribution in [0.3, 0.4) is 0 Å². The van der Waals surface area contributed by atoms with Crippen molar-refractivity contribution in [2.45, 2.75) is 12.5 Å². The van der Waals surface area contributed by atoms with Gasteiger partial charge < -0.3 is 0 Å². The van der Waals surface area contributed by atoms with E-state index in [2.05, 4.69) is 0 Å². The van der Waals surface area contributed by atoms with Gasteiger partial charge in [0.15, 0.2) is 0 Å². The lowest BCUT2D eigenvalue weighted by atomic mass is 9.94. The van der Waals surface area contributed by atoms with Crippen molar-refractivity contribution < 1.29 is 9.59 Å². The molecule has 3 rings (SSSR count). The SMILES string of the molecule is O=C1c2cccc3cccc(c23)C(=O)N1CCC[SiH3]. The molecule has 0 aromatic heterocycles. The monoisotopic (exact) mass is 269 g/mol. The molecule has 0 unspecified atom stereocenters. The van der Waals surface area contributed by atoms with Crippen LogP contribution in [0, 0.1) is 0 Å². The zero-order valence-corrected chi connectivity index (χ0v) is 12.8. The Morgan fingerprint density at radius 1 is 0.947 bits per heavy atom. The Labute approximate surface area is 114 Å². The van der Waals surface area contributed by atoms with Crippen LogP contribution in [0.1, 0.15) is 27.1 Å². The van der Waals surface area contributed by atoms with Crippen molar-refractivity contribution in [2.24, 2.45) is 0 Å². The second-order valence-electron chi connectivity index (χ2n) is 4.82. The second-order valence-corrected chi connectivity index (χ2v) is 5.82. The van der Waals surface area contributed by atoms with E-state index in [1.165, 1.54) is 4.90 Å². The van der Waals surface area contributed by atoms with Crippen molar-refractivity contribution in [2.75, 3.05) is 6.54 Å². The predicted octanol–water partition coefficient (Wildman–Crippen LogP) is 1.61. The fourth-order valence-electron chi connectivity index (χ4n) is 2.60. The number of rotatable bonds is 3. The Hall–Kier alpha value is -1.94. The number of benzene rings is 2. The molecule has 0 saturated carbocycles. The number of hydrogen-bond acceptors (Lipinski definition) is 2. The van der Waals surface area contributed by atoms with Crippen LogP contribution < -0.4 is 0 Å². The maximum absolute atomic E-state index is 12.4. The van der Waals surface area contributed by atoms with E-state index in [1.54, 1.807) is 0 Å². The van der Waals surface area contributed by atoms with Crippen molar-refractivity contribution in [3.8, 4) is 0 Å². The molecule has 1 aliphatic rings. The molecule has 1 heterocycles. The lowest BCUT2D eigenvalue weighted by Crippen LogP contribution is -2.40. The van der Waals surface area contributed by atoms with Gasteiger partial charge in [-0.2, -0.15) is 0 Å². The van der Waals surface area contributed by atoms with Crippen molar-refractivity contribution >= 4 is 32.8 Å². The van der Waals surface area contributed by atoms with Crippen molar-refractivity contribution in [1.29, 1.82) is 0 Å². The zero-order valence-electron chi connectivity index (χ0n) is 10.8. The fourth-order valence-corrected chi connectivity index (χ4v) is 2.92. The van der Waals surface area contributed by atoms with Gasteiger partial charge in [-0.1, -0.05) is 30.3 Å². The van der Waals surface area contributed by atoms with Crippen molar-refractivity contribution in [3.05, 3.63) is 47.5 Å². The average Bonchev–Trinajstić information content (AvgIpc) is 2.44. The summed E-state index contributed by atoms with van der Waals surface area (Å²) < 4.78 is 0. The summed E-state index contributed by atoms with van der Waals surface area (Å²) in [5, 5.41) is 1.77. The highest BCUT2D eigenvalue weighted by Crippen LogP contribution is 2.29. The number of hydrogen-bond donors (Lipinski definition) is 0. The van der Waals surface area contributed by atoms with Gasteiger partial charge in [0, 0.05) is 33.3 Å². The first-order valence-corrected chi connectivity index (χ1v) is 8.03. The number of imide groups is 1. The third-order valence-corrected chi connectivity index (χ3v) is 4.30. The van der Waals surface area contributed by atoms with Crippen LogP contribution in [-0.4, -0.2) is 33.5 Å². The van der Waals surface area contributed by atoms with E-state index in [0.29, 0.717) is 17.7 Å². The molecule has 0 N–H and O–H groups in total. The minimum absolute atomic E-state index is 0.149. The van der Waals surface area contributed by atoms with Gasteiger partial charge in [0.2, 0.25) is 0 Å². The Balaban J connectivity index is 2.19. The normalized spacial score (nSPS) is 14.4. The van der Waals surface area contributed by atoms with Crippen LogP contribution in [-0.2, 0) is 0 Å². The summed E-state index contributed by atoms with van der Waals surface area (Å²) in [6.45, 7) is 0.534. The van der Waals surface area contributed by atoms with Crippen LogP contribution in [0.2, 0.25) is 6.04 Å². The Morgan fingerprint density at radius 2 is 1.53 bits per heavy atom. The number of amides is 2. The molecule has 0 radical (unpaired) electrons. The highest BCUT2D eigenvalue weighted by Gasteiger charge is 2.31. The van der Waals surface area contributed by atoms with Crippen LogP contribution in [0.15, 0.2) is 36.4 Å². The molecule has 1 aliphatic heterocycles. The average molecular weight is 269 g/mol. The maximum atomic E-state index is 12.4. The quantitative estimate of drug-likeness (QED) is 0.627. The van der Waals surface area contributed by atoms with E-state index in [4.69, 9.17) is 0 Å². The van der Waals surface area contributed by atoms with Gasteiger partial charge in [-0.15, -0.1) is 0 Å². The molecule has 0 saturated heterocycles. The topological polar surface area (TPSA) is 37.4 Å². The smallest absolute Gasteiger partial charge is 0.261 e. The molecule has 0 atom stereocenters. The molecule has 2 amide bonds. The van der Waals surface area contributed by atoms with E-state index >= 15 is 0 Å². The third kappa shape index (κ3) is 1.79. The van der Waals surface area contributed by atoms with E-state index in [9.17, 15) is 9.59 Å². The summed E-state index contributed by atoms with van der Waals surface area (Å²) in [7, 11) is 1.10. The van der Waals surface area contributed by atoms with Crippen molar-refractivity contribution in [1.82, 2.24) is 4.90 Å². The molecule has 0 bridgehead atoms. The van der Waals surface area contributed by atoms with Crippen LogP contribution in [0.5, 0.6) is 0 Å². The Kier molecular flexibility index (Phi) is 2.95. The summed E-state index contributed by atoms with van der Waals surface area (Å²) >= 11 is 0. The lowest BCUT2D eigenvalue weighted by Gasteiger charge is -2.27. The summed E-state index contributed by atoms with van der Waals surface area (Å²) in [6, 6.07) is 12.4. The lowest BCUT2D eigenvalue weighted by molar-refractivity contribution is 0.0611. The molecular weight excluding hydrogens is 254 g/mol. The second kappa shape index (κ2) is 4.62. The van der Waals surface area contributed by atoms with Gasteiger partial charge in [-0.3, -0.25) is 14.5 Å². The Morgan fingerprint density at radius 3 is 2.05 bits per heavy atom. The van der Waals surface area contributed by atoms with Gasteiger partial charge in [0.1, 0.15) is 0 Å². The molecule has 0 fully saturated rings. The summed E-state index contributed by atoms with van der Waals surface area (Å²) in [4.78, 5) is 26.3. The molecule has 4 heteroatoms. The first-order chi connectivity index (χ1) is 9.24. The first-order valence-electron chi connectivity index (χ1n) is 6.62. The maximum Gasteiger partial charge on any atom is 0.261 e. The highest BCUT2D eigenvalue weighted by molar-refractivity contribution is 6.25. The van der Waals surface area contributed by atoms with Crippen LogP contribution in [0.4, 0.5) is 0 Å². The summed E-state index contributed by atoms with van der Waals surface area (Å²) in [5.74, 6) is -0.297. The van der Waals surface area contributed by atoms with Gasteiger partial charge in [-0.05, 0) is 23.9 Å². The summed E-state index contributed by atoms with van der Waals surface area (Å²) in [6.07, 6.45) is 0.905. The van der Waals surface area contributed by atoms with Gasteiger partial charge in [0.05, 0.1) is 0 Å². The predicted molar refractivity (Wildman–Crippen MR) is 78.7 cm³/mol. The minimum Gasteiger partial charge on any atom is -0.274 e. The fraction of sp³-hybridized carbons (Fsp3) is 0.200. The number of carbonyl (C=O) groups excluding carboxylic acids is 2. The molecule has 0 aliphatic carbocycles. The van der Waals surface area contributed by atoms with Crippen molar-refractivity contribution in [3.63, 3.8) is 0 Å². The van der Waals surface area contributed by atoms with Crippen LogP contribution in [0.25, 0.3) is 10.8 Å². The zero-order chi connectivity index (χ0) is 13.4. The van der Waals surface area contributed by atoms with E-state index in [0.717, 1.165) is 33.5 Å². The Bertz CT molecular complexity index is 630. The molecule has 2 aromatic carbocycles. The third-order valence-electron chi connectivity index (χ3n) is 3.59. The van der Waals surface area contributed by atoms with E-state index in [-0.39, 0.29) is 11.8 Å². The molecule has 3 nitrogen and oxygen atoms in total. The van der Waals surface area contributed by atoms with E-state index < -0.39 is 0 Å². The largest absolute Gasteiger partial charge is 0.274 e. The van der Waals surface area contributed by atoms with Gasteiger partial charge in [-0.25, -0.2) is 0 Å². The van der Waals surface area contributed by atoms with Gasteiger partial charge >= 0.3 is 0 Å². The first kappa shape index (κ1) is 12.1. The van der Waals surface area contributed by atoms with Crippen LogP contribution >= 0.6 is 0 Å². The molecular formula is C15H15NO2Si. The molecule has 19 heavy (non-hydrogen) atoms. The standard InChI is InChI=1S/C15H15NO2Si/c17-14-11-6-1-4-10-5-2-7-12(13(10)11)15(18)16(14)8-3-9-19/h1-2,4-7H,3,8-9H2,19H3. The van der Waals surface area contributed by atoms with Gasteiger partial charge in [0.25, 0.3) is 11.8 Å². The number of nitrogens with zero attached hydrogens (tertiary/aromatic N) is 1. The summed E-state index contributed by atoms with van der Waals surface area (Å²) in [5.41, 5.74) is 1.31. The molecule has 0 spiro atoms. The van der Waals surface area contributed by atoms with E-state index in [1.807, 2.05) is 36.4 Å². The number of carbonyl (C=O) groups is 2. The molecule has 2 aromatic rings. The molecule has 96 valence electrons. The highest BCUT2D eigenvalue weighted by atomic mass is 28.1. The minimum atomic E-state index is -0.149.